The van der Waals surface area contributed by atoms with E-state index in [0.717, 1.165) is 22.5 Å². The van der Waals surface area contributed by atoms with Gasteiger partial charge in [-0.05, 0) is 24.3 Å². The summed E-state index contributed by atoms with van der Waals surface area (Å²) in [4.78, 5) is 17.4. The van der Waals surface area contributed by atoms with Gasteiger partial charge in [0.05, 0.1) is 30.3 Å². The average Bonchev–Trinajstić information content (AvgIpc) is 3.04. The summed E-state index contributed by atoms with van der Waals surface area (Å²) in [5.74, 6) is 0. The number of hydrogen-bond donors (Lipinski definition) is 0. The number of aromatic nitrogens is 6. The molecular weight excluding hydrogens is 276 g/mol. The highest BCUT2D eigenvalue weighted by atomic mass is 15.3. The predicted octanol–water partition coefficient (Wildman–Crippen LogP) is 2.33. The molecule has 0 atom stereocenters. The molecule has 0 N–H and O–H groups in total. The standard InChI is InChI=1S/C16H12N6/c1-2-6-17-13(4-1)11-22-10-12(8-20-22)15-9-19-14-5-3-7-18-16(14)21-15/h1-10H,11H2. The molecule has 0 aliphatic heterocycles. The van der Waals surface area contributed by atoms with Crippen LogP contribution in [0.1, 0.15) is 5.69 Å². The van der Waals surface area contributed by atoms with Crippen LogP contribution in [0.15, 0.2) is 61.3 Å². The fourth-order valence-corrected chi connectivity index (χ4v) is 2.23. The van der Waals surface area contributed by atoms with Gasteiger partial charge in [-0.3, -0.25) is 14.6 Å². The Labute approximate surface area is 126 Å². The minimum Gasteiger partial charge on any atom is -0.266 e. The van der Waals surface area contributed by atoms with Crippen LogP contribution in [0.4, 0.5) is 0 Å². The van der Waals surface area contributed by atoms with Crippen LogP contribution in [0.2, 0.25) is 0 Å². The summed E-state index contributed by atoms with van der Waals surface area (Å²) in [5.41, 5.74) is 4.06. The first-order chi connectivity index (χ1) is 10.9. The summed E-state index contributed by atoms with van der Waals surface area (Å²) in [6, 6.07) is 9.58. The van der Waals surface area contributed by atoms with E-state index in [9.17, 15) is 0 Å². The summed E-state index contributed by atoms with van der Waals surface area (Å²) in [5, 5.41) is 4.36. The monoisotopic (exact) mass is 288 g/mol. The highest BCUT2D eigenvalue weighted by Crippen LogP contribution is 2.17. The number of nitrogens with zero attached hydrogens (tertiary/aromatic N) is 6. The Hall–Kier alpha value is -3.15. The lowest BCUT2D eigenvalue weighted by Gasteiger charge is -2.00. The van der Waals surface area contributed by atoms with E-state index in [4.69, 9.17) is 0 Å². The van der Waals surface area contributed by atoms with Gasteiger partial charge >= 0.3 is 0 Å². The third-order valence-electron chi connectivity index (χ3n) is 3.30. The van der Waals surface area contributed by atoms with Crippen molar-refractivity contribution in [3.8, 4) is 11.3 Å². The number of rotatable bonds is 3. The second kappa shape index (κ2) is 5.33. The third-order valence-corrected chi connectivity index (χ3v) is 3.30. The molecule has 4 heterocycles. The maximum atomic E-state index is 4.52. The first-order valence-corrected chi connectivity index (χ1v) is 6.89. The van der Waals surface area contributed by atoms with Crippen molar-refractivity contribution in [1.29, 1.82) is 0 Å². The smallest absolute Gasteiger partial charge is 0.178 e. The highest BCUT2D eigenvalue weighted by molar-refractivity contribution is 5.72. The van der Waals surface area contributed by atoms with E-state index in [0.29, 0.717) is 12.2 Å². The molecule has 0 saturated heterocycles. The first-order valence-electron chi connectivity index (χ1n) is 6.89. The van der Waals surface area contributed by atoms with Crippen LogP contribution >= 0.6 is 0 Å². The summed E-state index contributed by atoms with van der Waals surface area (Å²) in [6.07, 6.45) is 8.95. The largest absolute Gasteiger partial charge is 0.266 e. The Bertz CT molecular complexity index is 916. The molecule has 106 valence electrons. The van der Waals surface area contributed by atoms with E-state index < -0.39 is 0 Å². The molecule has 0 radical (unpaired) electrons. The molecule has 0 saturated carbocycles. The molecule has 0 amide bonds. The molecule has 0 spiro atoms. The van der Waals surface area contributed by atoms with Crippen LogP contribution < -0.4 is 0 Å². The fraction of sp³-hybridized carbons (Fsp3) is 0.0625. The maximum absolute atomic E-state index is 4.52. The van der Waals surface area contributed by atoms with E-state index in [2.05, 4.69) is 25.0 Å². The van der Waals surface area contributed by atoms with Crippen molar-refractivity contribution in [1.82, 2.24) is 29.7 Å². The quantitative estimate of drug-likeness (QED) is 0.578. The molecule has 0 fully saturated rings. The fourth-order valence-electron chi connectivity index (χ4n) is 2.23. The summed E-state index contributed by atoms with van der Waals surface area (Å²) < 4.78 is 1.84. The molecule has 6 nitrogen and oxygen atoms in total. The van der Waals surface area contributed by atoms with Gasteiger partial charge in [-0.25, -0.2) is 9.97 Å². The Morgan fingerprint density at radius 1 is 0.909 bits per heavy atom. The zero-order chi connectivity index (χ0) is 14.8. The number of fused-ring (bicyclic) bond motifs is 1. The van der Waals surface area contributed by atoms with Crippen LogP contribution in [-0.4, -0.2) is 29.7 Å². The zero-order valence-corrected chi connectivity index (χ0v) is 11.7. The molecule has 0 aliphatic carbocycles. The van der Waals surface area contributed by atoms with E-state index in [-0.39, 0.29) is 0 Å². The molecular formula is C16H12N6. The second-order valence-corrected chi connectivity index (χ2v) is 4.85. The molecule has 6 heteroatoms. The highest BCUT2D eigenvalue weighted by Gasteiger charge is 2.06. The van der Waals surface area contributed by atoms with E-state index in [1.807, 2.05) is 41.2 Å². The Kier molecular flexibility index (Phi) is 3.05. The second-order valence-electron chi connectivity index (χ2n) is 4.85. The lowest BCUT2D eigenvalue weighted by molar-refractivity contribution is 0.673. The minimum atomic E-state index is 0.625. The molecule has 4 rings (SSSR count). The average molecular weight is 288 g/mol. The van der Waals surface area contributed by atoms with E-state index in [1.54, 1.807) is 24.8 Å². The van der Waals surface area contributed by atoms with Gasteiger partial charge in [-0.2, -0.15) is 5.10 Å². The van der Waals surface area contributed by atoms with Crippen molar-refractivity contribution < 1.29 is 0 Å². The molecule has 4 aromatic rings. The summed E-state index contributed by atoms with van der Waals surface area (Å²) >= 11 is 0. The van der Waals surface area contributed by atoms with Gasteiger partial charge in [0.1, 0.15) is 5.52 Å². The topological polar surface area (TPSA) is 69.4 Å². The van der Waals surface area contributed by atoms with Crippen LogP contribution in [0, 0.1) is 0 Å². The van der Waals surface area contributed by atoms with Crippen molar-refractivity contribution in [3.05, 3.63) is 67.0 Å². The Morgan fingerprint density at radius 3 is 2.77 bits per heavy atom. The van der Waals surface area contributed by atoms with Gasteiger partial charge < -0.3 is 0 Å². The van der Waals surface area contributed by atoms with Crippen molar-refractivity contribution in [2.24, 2.45) is 0 Å². The van der Waals surface area contributed by atoms with Gasteiger partial charge in [0, 0.05) is 24.2 Å². The summed E-state index contributed by atoms with van der Waals surface area (Å²) in [7, 11) is 0. The van der Waals surface area contributed by atoms with Gasteiger partial charge in [-0.15, -0.1) is 0 Å². The lowest BCUT2D eigenvalue weighted by atomic mass is 10.2. The van der Waals surface area contributed by atoms with Crippen molar-refractivity contribution in [3.63, 3.8) is 0 Å². The van der Waals surface area contributed by atoms with Gasteiger partial charge in [0.25, 0.3) is 0 Å². The molecule has 4 aromatic heterocycles. The lowest BCUT2D eigenvalue weighted by Crippen LogP contribution is -2.01. The van der Waals surface area contributed by atoms with Crippen LogP contribution in [0.25, 0.3) is 22.4 Å². The van der Waals surface area contributed by atoms with Gasteiger partial charge in [-0.1, -0.05) is 6.07 Å². The molecule has 22 heavy (non-hydrogen) atoms. The number of hydrogen-bond acceptors (Lipinski definition) is 5. The SMILES string of the molecule is c1ccc(Cn2cc(-c3cnc4cccnc4n3)cn2)nc1. The van der Waals surface area contributed by atoms with Crippen LogP contribution in [-0.2, 0) is 6.54 Å². The van der Waals surface area contributed by atoms with Crippen molar-refractivity contribution >= 4 is 11.2 Å². The zero-order valence-electron chi connectivity index (χ0n) is 11.7. The minimum absolute atomic E-state index is 0.625. The van der Waals surface area contributed by atoms with E-state index in [1.165, 1.54) is 0 Å². The Balaban J connectivity index is 1.65. The molecule has 0 aliphatic rings. The van der Waals surface area contributed by atoms with E-state index >= 15 is 0 Å². The van der Waals surface area contributed by atoms with Crippen molar-refractivity contribution in [2.75, 3.05) is 0 Å². The van der Waals surface area contributed by atoms with Gasteiger partial charge in [0.2, 0.25) is 0 Å². The molecule has 0 unspecified atom stereocenters. The summed E-state index contributed by atoms with van der Waals surface area (Å²) in [6.45, 7) is 0.625. The number of pyridine rings is 2. The normalized spacial score (nSPS) is 10.9. The predicted molar refractivity (Wildman–Crippen MR) is 81.9 cm³/mol. The third kappa shape index (κ3) is 2.42. The van der Waals surface area contributed by atoms with Crippen LogP contribution in [0.3, 0.4) is 0 Å². The van der Waals surface area contributed by atoms with Crippen molar-refractivity contribution in [2.45, 2.75) is 6.54 Å². The molecule has 0 bridgehead atoms. The maximum Gasteiger partial charge on any atom is 0.178 e. The molecule has 0 aromatic carbocycles. The van der Waals surface area contributed by atoms with Gasteiger partial charge in [0.15, 0.2) is 5.65 Å². The Morgan fingerprint density at radius 2 is 1.86 bits per heavy atom. The van der Waals surface area contributed by atoms with Crippen LogP contribution in [0.5, 0.6) is 0 Å². The first kappa shape index (κ1) is 12.6.